The molecule has 0 aliphatic carbocycles. The van der Waals surface area contributed by atoms with Crippen LogP contribution in [0, 0.1) is 6.92 Å². The van der Waals surface area contributed by atoms with Crippen LogP contribution in [0.15, 0.2) is 86.3 Å². The third kappa shape index (κ3) is 4.62. The Labute approximate surface area is 207 Å². The van der Waals surface area contributed by atoms with Crippen LogP contribution in [0.1, 0.15) is 11.3 Å². The zero-order valence-corrected chi connectivity index (χ0v) is 19.6. The first kappa shape index (κ1) is 23.1. The average molecular weight is 504 g/mol. The van der Waals surface area contributed by atoms with Crippen molar-refractivity contribution >= 4 is 11.6 Å². The maximum absolute atomic E-state index is 13.6. The van der Waals surface area contributed by atoms with Crippen LogP contribution in [0.2, 0.25) is 5.02 Å². The Hall–Kier alpha value is -4.70. The fourth-order valence-corrected chi connectivity index (χ4v) is 3.89. The van der Waals surface area contributed by atoms with Crippen LogP contribution in [-0.4, -0.2) is 24.7 Å². The van der Waals surface area contributed by atoms with Crippen molar-refractivity contribution in [1.29, 1.82) is 0 Å². The molecule has 180 valence electrons. The Morgan fingerprint density at radius 1 is 1.08 bits per heavy atom. The van der Waals surface area contributed by atoms with E-state index in [9.17, 15) is 14.4 Å². The number of hydrogen-bond donors (Lipinski definition) is 2. The highest BCUT2D eigenvalue weighted by Crippen LogP contribution is 2.30. The predicted molar refractivity (Wildman–Crippen MR) is 133 cm³/mol. The number of aromatic amines is 2. The largest absolute Gasteiger partial charge is 0.489 e. The fraction of sp³-hybridized carbons (Fsp3) is 0.0800. The van der Waals surface area contributed by atoms with Gasteiger partial charge in [0.25, 0.3) is 11.1 Å². The van der Waals surface area contributed by atoms with Gasteiger partial charge in [0, 0.05) is 34.7 Å². The highest BCUT2D eigenvalue weighted by atomic mass is 35.5. The smallest absolute Gasteiger partial charge is 0.325 e. The summed E-state index contributed by atoms with van der Waals surface area (Å²) in [6.45, 7) is 1.97. The number of H-pyrrole nitrogens is 2. The number of nitrogens with zero attached hydrogens (tertiary/aromatic N) is 3. The molecular formula is C25H18ClN5O5. The van der Waals surface area contributed by atoms with Crippen molar-refractivity contribution in [2.24, 2.45) is 0 Å². The molecular weight excluding hydrogens is 486 g/mol. The highest BCUT2D eigenvalue weighted by Gasteiger charge is 2.16. The highest BCUT2D eigenvalue weighted by molar-refractivity contribution is 6.31. The molecule has 0 saturated heterocycles. The van der Waals surface area contributed by atoms with Gasteiger partial charge in [-0.1, -0.05) is 16.8 Å². The molecule has 0 bridgehead atoms. The number of rotatable bonds is 6. The van der Waals surface area contributed by atoms with Gasteiger partial charge in [-0.05, 0) is 48.9 Å². The van der Waals surface area contributed by atoms with Crippen molar-refractivity contribution in [1.82, 2.24) is 24.7 Å². The van der Waals surface area contributed by atoms with E-state index >= 15 is 0 Å². The summed E-state index contributed by atoms with van der Waals surface area (Å²) >= 11 is 6.38. The summed E-state index contributed by atoms with van der Waals surface area (Å²) in [6, 6.07) is 9.91. The lowest BCUT2D eigenvalue weighted by molar-refractivity contribution is 0.302. The Kier molecular flexibility index (Phi) is 6.09. The van der Waals surface area contributed by atoms with Gasteiger partial charge in [0.15, 0.2) is 0 Å². The number of ether oxygens (including phenoxy) is 1. The van der Waals surface area contributed by atoms with E-state index in [1.54, 1.807) is 55.7 Å². The third-order valence-corrected chi connectivity index (χ3v) is 5.72. The number of benzene rings is 1. The lowest BCUT2D eigenvalue weighted by Gasteiger charge is -2.13. The first-order valence-electron chi connectivity index (χ1n) is 10.7. The summed E-state index contributed by atoms with van der Waals surface area (Å²) in [5.74, 6) is 1.06. The van der Waals surface area contributed by atoms with Crippen LogP contribution in [0.5, 0.6) is 5.75 Å². The summed E-state index contributed by atoms with van der Waals surface area (Å²) in [7, 11) is 0. The minimum Gasteiger partial charge on any atom is -0.489 e. The molecule has 36 heavy (non-hydrogen) atoms. The number of nitrogens with one attached hydrogen (secondary N) is 2. The molecule has 10 nitrogen and oxygen atoms in total. The van der Waals surface area contributed by atoms with E-state index in [1.165, 1.54) is 23.2 Å². The lowest BCUT2D eigenvalue weighted by atomic mass is 10.0. The monoisotopic (exact) mass is 503 g/mol. The summed E-state index contributed by atoms with van der Waals surface area (Å²) in [4.78, 5) is 46.4. The van der Waals surface area contributed by atoms with E-state index in [2.05, 4.69) is 20.1 Å². The van der Waals surface area contributed by atoms with Crippen LogP contribution in [0.3, 0.4) is 0 Å². The van der Waals surface area contributed by atoms with Gasteiger partial charge in [0.1, 0.15) is 18.1 Å². The molecule has 5 rings (SSSR count). The van der Waals surface area contributed by atoms with Crippen molar-refractivity contribution in [2.75, 3.05) is 0 Å². The molecule has 0 aliphatic heterocycles. The molecule has 4 heterocycles. The summed E-state index contributed by atoms with van der Waals surface area (Å²) in [5, 5.41) is 4.09. The van der Waals surface area contributed by atoms with Crippen molar-refractivity contribution in [3.05, 3.63) is 115 Å². The number of halogens is 1. The molecule has 0 amide bonds. The average Bonchev–Trinajstić information content (AvgIpc) is 3.28. The SMILES string of the molecule is Cc1oncc1COc1cc(Cl)cc(-c2cc(-c3c[nH]c(=O)[nH]c3=O)cn(-c3cccnc3)c2=O)c1. The first-order chi connectivity index (χ1) is 17.4. The van der Waals surface area contributed by atoms with Gasteiger partial charge < -0.3 is 14.2 Å². The van der Waals surface area contributed by atoms with Crippen LogP contribution in [0.4, 0.5) is 0 Å². The summed E-state index contributed by atoms with van der Waals surface area (Å²) in [6.07, 6.45) is 7.50. The zero-order valence-electron chi connectivity index (χ0n) is 18.8. The Morgan fingerprint density at radius 3 is 2.67 bits per heavy atom. The second-order valence-corrected chi connectivity index (χ2v) is 8.32. The van der Waals surface area contributed by atoms with Crippen LogP contribution >= 0.6 is 11.6 Å². The molecule has 0 fully saturated rings. The van der Waals surface area contributed by atoms with E-state index in [1.807, 2.05) is 0 Å². The number of aromatic nitrogens is 5. The Balaban J connectivity index is 1.66. The molecule has 0 saturated carbocycles. The minimum atomic E-state index is -0.635. The standard InChI is InChI=1S/C25H18ClN5O5/c1-14-17(9-29-36-14)13-35-20-6-15(5-18(26)8-20)21-7-16(22-11-28-25(34)30-23(22)32)12-31(24(21)33)19-3-2-4-27-10-19/h2-12H,13H2,1H3,(H2,28,30,32,34). The Bertz CT molecular complexity index is 1740. The van der Waals surface area contributed by atoms with Crippen LogP contribution in [0.25, 0.3) is 27.9 Å². The molecule has 11 heteroatoms. The molecule has 0 aliphatic rings. The molecule has 0 unspecified atom stereocenters. The van der Waals surface area contributed by atoms with Gasteiger partial charge >= 0.3 is 5.69 Å². The van der Waals surface area contributed by atoms with Crippen molar-refractivity contribution < 1.29 is 9.26 Å². The summed E-state index contributed by atoms with van der Waals surface area (Å²) in [5.41, 5.74) is 0.978. The van der Waals surface area contributed by atoms with E-state index in [0.29, 0.717) is 33.3 Å². The van der Waals surface area contributed by atoms with Gasteiger partial charge in [-0.2, -0.15) is 0 Å². The summed E-state index contributed by atoms with van der Waals surface area (Å²) < 4.78 is 12.3. The molecule has 0 radical (unpaired) electrons. The van der Waals surface area contributed by atoms with Gasteiger partial charge in [0.2, 0.25) is 0 Å². The van der Waals surface area contributed by atoms with Crippen LogP contribution in [-0.2, 0) is 6.61 Å². The first-order valence-corrected chi connectivity index (χ1v) is 11.1. The number of aryl methyl sites for hydroxylation is 1. The van der Waals surface area contributed by atoms with Crippen molar-refractivity contribution in [2.45, 2.75) is 13.5 Å². The normalized spacial score (nSPS) is 10.9. The second-order valence-electron chi connectivity index (χ2n) is 7.89. The van der Waals surface area contributed by atoms with E-state index in [4.69, 9.17) is 20.9 Å². The topological polar surface area (TPSA) is 136 Å². The van der Waals surface area contributed by atoms with Gasteiger partial charge in [-0.25, -0.2) is 4.79 Å². The molecule has 4 aromatic heterocycles. The van der Waals surface area contributed by atoms with Crippen molar-refractivity contribution in [3.63, 3.8) is 0 Å². The zero-order chi connectivity index (χ0) is 25.2. The predicted octanol–water partition coefficient (Wildman–Crippen LogP) is 3.47. The Morgan fingerprint density at radius 2 is 1.94 bits per heavy atom. The quantitative estimate of drug-likeness (QED) is 0.362. The van der Waals surface area contributed by atoms with Crippen molar-refractivity contribution in [3.8, 4) is 33.7 Å². The van der Waals surface area contributed by atoms with E-state index in [0.717, 1.165) is 5.56 Å². The molecule has 2 N–H and O–H groups in total. The maximum atomic E-state index is 13.6. The number of hydrogen-bond acceptors (Lipinski definition) is 7. The van der Waals surface area contributed by atoms with Gasteiger partial charge in [-0.3, -0.25) is 24.1 Å². The number of pyridine rings is 2. The second kappa shape index (κ2) is 9.51. The van der Waals surface area contributed by atoms with Gasteiger partial charge in [0.05, 0.1) is 29.2 Å². The molecule has 5 aromatic rings. The lowest BCUT2D eigenvalue weighted by Crippen LogP contribution is -2.24. The third-order valence-electron chi connectivity index (χ3n) is 5.50. The fourth-order valence-electron chi connectivity index (χ4n) is 3.67. The van der Waals surface area contributed by atoms with E-state index < -0.39 is 11.2 Å². The maximum Gasteiger partial charge on any atom is 0.325 e. The minimum absolute atomic E-state index is 0.176. The van der Waals surface area contributed by atoms with Gasteiger partial charge in [-0.15, -0.1) is 0 Å². The molecule has 0 atom stereocenters. The molecule has 0 spiro atoms. The molecule has 1 aromatic carbocycles. The van der Waals surface area contributed by atoms with Crippen LogP contribution < -0.4 is 21.5 Å². The van der Waals surface area contributed by atoms with E-state index in [-0.39, 0.29) is 23.3 Å².